The summed E-state index contributed by atoms with van der Waals surface area (Å²) in [5.41, 5.74) is 9.72. The number of amides is 1. The number of rotatable bonds is 5. The molecule has 3 heterocycles. The Hall–Kier alpha value is -3.68. The van der Waals surface area contributed by atoms with E-state index in [0.717, 1.165) is 28.1 Å². The fourth-order valence-electron chi connectivity index (χ4n) is 3.83. The van der Waals surface area contributed by atoms with Crippen molar-refractivity contribution in [2.75, 3.05) is 0 Å². The molecule has 0 fully saturated rings. The van der Waals surface area contributed by atoms with E-state index in [-0.39, 0.29) is 5.92 Å². The topological polar surface area (TPSA) is 112 Å². The smallest absolute Gasteiger partial charge is 0.244 e. The molecule has 2 N–H and O–H groups in total. The van der Waals surface area contributed by atoms with Crippen LogP contribution in [-0.2, 0) is 10.3 Å². The van der Waals surface area contributed by atoms with Crippen molar-refractivity contribution in [1.82, 2.24) is 30.2 Å². The lowest BCUT2D eigenvalue weighted by Gasteiger charge is -2.36. The molecule has 0 saturated carbocycles. The third-order valence-electron chi connectivity index (χ3n) is 5.51. The van der Waals surface area contributed by atoms with E-state index in [1.807, 2.05) is 58.2 Å². The maximum absolute atomic E-state index is 12.4. The van der Waals surface area contributed by atoms with Crippen LogP contribution in [0, 0.1) is 13.8 Å². The van der Waals surface area contributed by atoms with E-state index in [1.165, 1.54) is 0 Å². The number of nitrogens with two attached hydrogens (primary N) is 1. The Morgan fingerprint density at radius 1 is 1.13 bits per heavy atom. The van der Waals surface area contributed by atoms with Crippen molar-refractivity contribution < 1.29 is 4.79 Å². The van der Waals surface area contributed by atoms with Gasteiger partial charge in [0.25, 0.3) is 0 Å². The molecule has 0 aromatic carbocycles. The van der Waals surface area contributed by atoms with Crippen LogP contribution in [0.1, 0.15) is 54.5 Å². The van der Waals surface area contributed by atoms with E-state index in [4.69, 9.17) is 5.73 Å². The first kappa shape index (κ1) is 20.6. The molecular formula is C23H25N7O. The first-order valence-corrected chi connectivity index (χ1v) is 10.2. The normalized spacial score (nSPS) is 18.6. The molecule has 3 aromatic heterocycles. The lowest BCUT2D eigenvalue weighted by molar-refractivity contribution is -0.114. The largest absolute Gasteiger partial charge is 0.366 e. The van der Waals surface area contributed by atoms with Crippen LogP contribution in [-0.4, -0.2) is 36.1 Å². The molecule has 0 spiro atoms. The summed E-state index contributed by atoms with van der Waals surface area (Å²) < 4.78 is 1.79. The van der Waals surface area contributed by atoms with Gasteiger partial charge in [0.05, 0.1) is 5.69 Å². The van der Waals surface area contributed by atoms with E-state index in [1.54, 1.807) is 17.0 Å². The average Bonchev–Trinajstić information content (AvgIpc) is 3.25. The molecule has 1 aliphatic carbocycles. The van der Waals surface area contributed by atoms with Gasteiger partial charge in [-0.3, -0.25) is 14.8 Å². The third-order valence-corrected chi connectivity index (χ3v) is 5.51. The number of carbonyl (C=O) groups excluding carboxylic acids is 1. The van der Waals surface area contributed by atoms with Gasteiger partial charge in [0, 0.05) is 41.6 Å². The summed E-state index contributed by atoms with van der Waals surface area (Å²) in [4.78, 5) is 21.4. The molecule has 1 unspecified atom stereocenters. The molecule has 0 saturated heterocycles. The van der Waals surface area contributed by atoms with Crippen LogP contribution in [0.2, 0.25) is 0 Å². The Kier molecular flexibility index (Phi) is 5.22. The van der Waals surface area contributed by atoms with E-state index < -0.39 is 11.4 Å². The van der Waals surface area contributed by atoms with Crippen molar-refractivity contribution in [2.45, 2.75) is 45.6 Å². The van der Waals surface area contributed by atoms with Crippen molar-refractivity contribution in [1.29, 1.82) is 0 Å². The second-order valence-electron chi connectivity index (χ2n) is 8.25. The standard InChI is InChI=1S/C23H25N7O/c1-14(2)22-27-28-29-30(22)23(19-7-6-16(4)25-13-19)10-17(9-18(11-23)21(24)31)20-8-5-15(3)12-26-20/h5-10,12-14H,11H2,1-4H3,(H2,24,31). The fourth-order valence-corrected chi connectivity index (χ4v) is 3.83. The van der Waals surface area contributed by atoms with Crippen LogP contribution in [0.5, 0.6) is 0 Å². The molecule has 0 radical (unpaired) electrons. The fraction of sp³-hybridized carbons (Fsp3) is 0.304. The van der Waals surface area contributed by atoms with Crippen molar-refractivity contribution in [3.63, 3.8) is 0 Å². The highest BCUT2D eigenvalue weighted by Crippen LogP contribution is 2.41. The summed E-state index contributed by atoms with van der Waals surface area (Å²) in [6, 6.07) is 7.86. The van der Waals surface area contributed by atoms with Crippen LogP contribution in [0.15, 0.2) is 54.4 Å². The lowest BCUT2D eigenvalue weighted by Crippen LogP contribution is -2.40. The predicted octanol–water partition coefficient (Wildman–Crippen LogP) is 2.85. The molecule has 1 amide bonds. The minimum Gasteiger partial charge on any atom is -0.366 e. The van der Waals surface area contributed by atoms with Crippen molar-refractivity contribution >= 4 is 11.5 Å². The molecule has 8 heteroatoms. The summed E-state index contributed by atoms with van der Waals surface area (Å²) >= 11 is 0. The van der Waals surface area contributed by atoms with Crippen LogP contribution in [0.4, 0.5) is 0 Å². The Morgan fingerprint density at radius 3 is 2.55 bits per heavy atom. The lowest BCUT2D eigenvalue weighted by atomic mass is 9.77. The maximum Gasteiger partial charge on any atom is 0.244 e. The summed E-state index contributed by atoms with van der Waals surface area (Å²) in [6.45, 7) is 7.97. The molecule has 31 heavy (non-hydrogen) atoms. The number of aromatic nitrogens is 6. The predicted molar refractivity (Wildman–Crippen MR) is 117 cm³/mol. The van der Waals surface area contributed by atoms with E-state index in [9.17, 15) is 4.79 Å². The molecule has 1 aliphatic rings. The van der Waals surface area contributed by atoms with E-state index >= 15 is 0 Å². The zero-order chi connectivity index (χ0) is 22.2. The number of allylic oxidation sites excluding steroid dienone is 3. The molecule has 0 aliphatic heterocycles. The molecule has 158 valence electrons. The van der Waals surface area contributed by atoms with Gasteiger partial charge in [0.2, 0.25) is 5.91 Å². The zero-order valence-corrected chi connectivity index (χ0v) is 18.1. The van der Waals surface area contributed by atoms with Crippen LogP contribution in [0.25, 0.3) is 5.57 Å². The van der Waals surface area contributed by atoms with Gasteiger partial charge < -0.3 is 5.73 Å². The van der Waals surface area contributed by atoms with Crippen LogP contribution in [0.3, 0.4) is 0 Å². The van der Waals surface area contributed by atoms with Gasteiger partial charge in [0.1, 0.15) is 5.54 Å². The highest BCUT2D eigenvalue weighted by Gasteiger charge is 2.41. The molecular weight excluding hydrogens is 390 g/mol. The van der Waals surface area contributed by atoms with Gasteiger partial charge in [-0.15, -0.1) is 5.10 Å². The molecule has 1 atom stereocenters. The van der Waals surface area contributed by atoms with Gasteiger partial charge in [-0.2, -0.15) is 0 Å². The number of pyridine rings is 2. The number of aryl methyl sites for hydroxylation is 2. The first-order chi connectivity index (χ1) is 14.8. The number of hydrogen-bond donors (Lipinski definition) is 1. The number of tetrazole rings is 1. The monoisotopic (exact) mass is 415 g/mol. The second-order valence-corrected chi connectivity index (χ2v) is 8.25. The highest BCUT2D eigenvalue weighted by molar-refractivity contribution is 5.96. The van der Waals surface area contributed by atoms with Crippen molar-refractivity contribution in [3.05, 3.63) is 82.7 Å². The van der Waals surface area contributed by atoms with Gasteiger partial charge in [-0.05, 0) is 59.7 Å². The third kappa shape index (κ3) is 3.76. The molecule has 3 aromatic rings. The van der Waals surface area contributed by atoms with Gasteiger partial charge >= 0.3 is 0 Å². The van der Waals surface area contributed by atoms with Crippen LogP contribution < -0.4 is 5.73 Å². The number of nitrogens with zero attached hydrogens (tertiary/aromatic N) is 6. The van der Waals surface area contributed by atoms with E-state index in [2.05, 4.69) is 31.6 Å². The van der Waals surface area contributed by atoms with Crippen LogP contribution >= 0.6 is 0 Å². The number of primary amides is 1. The second kappa shape index (κ2) is 7.86. The minimum atomic E-state index is -0.870. The number of hydrogen-bond acceptors (Lipinski definition) is 6. The van der Waals surface area contributed by atoms with Crippen molar-refractivity contribution in [2.24, 2.45) is 5.73 Å². The minimum absolute atomic E-state index is 0.0718. The summed E-state index contributed by atoms with van der Waals surface area (Å²) in [5, 5.41) is 12.6. The Balaban J connectivity index is 2.02. The van der Waals surface area contributed by atoms with Gasteiger partial charge in [-0.25, -0.2) is 4.68 Å². The van der Waals surface area contributed by atoms with Gasteiger partial charge in [0.15, 0.2) is 5.82 Å². The summed E-state index contributed by atoms with van der Waals surface area (Å²) in [7, 11) is 0. The average molecular weight is 416 g/mol. The zero-order valence-electron chi connectivity index (χ0n) is 18.1. The Bertz CT molecular complexity index is 1170. The summed E-state index contributed by atoms with van der Waals surface area (Å²) in [6.07, 6.45) is 7.79. The Labute approximate surface area is 180 Å². The molecule has 4 rings (SSSR count). The van der Waals surface area contributed by atoms with Crippen molar-refractivity contribution in [3.8, 4) is 0 Å². The molecule has 8 nitrogen and oxygen atoms in total. The summed E-state index contributed by atoms with van der Waals surface area (Å²) in [5.74, 6) is 0.294. The quantitative estimate of drug-likeness (QED) is 0.686. The first-order valence-electron chi connectivity index (χ1n) is 10.2. The Morgan fingerprint density at radius 2 is 1.94 bits per heavy atom. The maximum atomic E-state index is 12.4. The van der Waals surface area contributed by atoms with Gasteiger partial charge in [-0.1, -0.05) is 26.0 Å². The highest BCUT2D eigenvalue weighted by atomic mass is 16.1. The SMILES string of the molecule is Cc1ccc(C2=CC(c3ccc(C)nc3)(n3nnnc3C(C)C)CC(C(N)=O)=C2)nc1. The van der Waals surface area contributed by atoms with E-state index in [0.29, 0.717) is 17.8 Å². The number of carbonyl (C=O) groups is 1. The molecule has 0 bridgehead atoms.